The van der Waals surface area contributed by atoms with Crippen LogP contribution in [0.25, 0.3) is 0 Å². The van der Waals surface area contributed by atoms with Crippen LogP contribution in [-0.4, -0.2) is 94.3 Å². The Labute approximate surface area is 197 Å². The van der Waals surface area contributed by atoms with Gasteiger partial charge in [0.15, 0.2) is 9.84 Å². The first kappa shape index (κ1) is 24.0. The number of hydrogen-bond acceptors (Lipinski definition) is 7. The normalized spacial score (nSPS) is 24.2. The van der Waals surface area contributed by atoms with Gasteiger partial charge in [0, 0.05) is 39.1 Å². The highest BCUT2D eigenvalue weighted by atomic mass is 32.2. The molecule has 186 valence electrons. The monoisotopic (exact) mass is 497 g/mol. The van der Waals surface area contributed by atoms with E-state index in [1.54, 1.807) is 12.1 Å². The van der Waals surface area contributed by atoms with E-state index in [0.29, 0.717) is 30.9 Å². The number of carbonyl (C=O) groups is 3. The molecule has 34 heavy (non-hydrogen) atoms. The zero-order chi connectivity index (χ0) is 24.5. The van der Waals surface area contributed by atoms with Gasteiger partial charge in [-0.3, -0.25) is 9.69 Å². The summed E-state index contributed by atoms with van der Waals surface area (Å²) in [4.78, 5) is 40.3. The lowest BCUT2D eigenvalue weighted by Gasteiger charge is -2.28. The summed E-state index contributed by atoms with van der Waals surface area (Å²) in [7, 11) is -3.07. The predicted molar refractivity (Wildman–Crippen MR) is 122 cm³/mol. The van der Waals surface area contributed by atoms with Crippen LogP contribution in [-0.2, 0) is 19.4 Å². The van der Waals surface area contributed by atoms with Gasteiger partial charge in [0.25, 0.3) is 0 Å². The van der Waals surface area contributed by atoms with E-state index in [9.17, 15) is 27.2 Å². The summed E-state index contributed by atoms with van der Waals surface area (Å²) in [5, 5.41) is 5.51. The van der Waals surface area contributed by atoms with Gasteiger partial charge in [-0.1, -0.05) is 0 Å². The average molecular weight is 498 g/mol. The standard InChI is InChI=1S/C21H28FN5O6S/c1-14(28)23-11-17-13-27(21(30)33-17)16-2-3-19(18(22)10-16)26-5-4-15(12-26)24-20(29)25-6-8-34(31,32)9-7-25/h2-3,10,15,17H,4-9,11-13H2,1H3,(H,23,28)(H,24,29)/t15?,17-/m0/s1. The molecule has 13 heteroatoms. The zero-order valence-corrected chi connectivity index (χ0v) is 19.6. The van der Waals surface area contributed by atoms with Crippen LogP contribution in [0.5, 0.6) is 0 Å². The van der Waals surface area contributed by atoms with Crippen LogP contribution in [0, 0.1) is 5.82 Å². The molecule has 3 fully saturated rings. The maximum atomic E-state index is 15.0. The van der Waals surface area contributed by atoms with Gasteiger partial charge >= 0.3 is 12.1 Å². The minimum Gasteiger partial charge on any atom is -0.442 e. The van der Waals surface area contributed by atoms with Gasteiger partial charge in [-0.15, -0.1) is 0 Å². The van der Waals surface area contributed by atoms with Crippen LogP contribution in [0.1, 0.15) is 13.3 Å². The second kappa shape index (κ2) is 9.65. The number of halogens is 1. The van der Waals surface area contributed by atoms with Gasteiger partial charge in [-0.25, -0.2) is 22.4 Å². The first-order chi connectivity index (χ1) is 16.1. The Balaban J connectivity index is 1.32. The maximum Gasteiger partial charge on any atom is 0.414 e. The number of amides is 4. The topological polar surface area (TPSA) is 128 Å². The van der Waals surface area contributed by atoms with Crippen LogP contribution in [0.3, 0.4) is 0 Å². The van der Waals surface area contributed by atoms with E-state index in [1.165, 1.54) is 22.8 Å². The molecule has 0 radical (unpaired) electrons. The number of sulfone groups is 1. The van der Waals surface area contributed by atoms with Crippen molar-refractivity contribution in [3.63, 3.8) is 0 Å². The number of hydrogen-bond donors (Lipinski definition) is 2. The first-order valence-corrected chi connectivity index (χ1v) is 13.0. The summed E-state index contributed by atoms with van der Waals surface area (Å²) >= 11 is 0. The molecule has 0 spiro atoms. The zero-order valence-electron chi connectivity index (χ0n) is 18.8. The number of anilines is 2. The summed E-state index contributed by atoms with van der Waals surface area (Å²) in [6.07, 6.45) is -0.485. The van der Waals surface area contributed by atoms with Gasteiger partial charge in [0.1, 0.15) is 11.9 Å². The second-order valence-electron chi connectivity index (χ2n) is 8.71. The van der Waals surface area contributed by atoms with Crippen molar-refractivity contribution < 1.29 is 31.9 Å². The van der Waals surface area contributed by atoms with Crippen molar-refractivity contribution in [2.45, 2.75) is 25.5 Å². The predicted octanol–water partition coefficient (Wildman–Crippen LogP) is 0.306. The van der Waals surface area contributed by atoms with E-state index in [1.807, 2.05) is 4.90 Å². The van der Waals surface area contributed by atoms with Crippen LogP contribution in [0.2, 0.25) is 0 Å². The van der Waals surface area contributed by atoms with Gasteiger partial charge in [-0.2, -0.15) is 0 Å². The molecule has 3 heterocycles. The quantitative estimate of drug-likeness (QED) is 0.599. The molecule has 4 rings (SSSR count). The average Bonchev–Trinajstić information content (AvgIpc) is 3.38. The number of carbonyl (C=O) groups excluding carboxylic acids is 3. The van der Waals surface area contributed by atoms with Gasteiger partial charge in [0.2, 0.25) is 5.91 Å². The number of nitrogens with one attached hydrogen (secondary N) is 2. The van der Waals surface area contributed by atoms with Crippen LogP contribution >= 0.6 is 0 Å². The third-order valence-corrected chi connectivity index (χ3v) is 7.79. The van der Waals surface area contributed by atoms with E-state index in [0.717, 1.165) is 0 Å². The Bertz CT molecular complexity index is 1070. The van der Waals surface area contributed by atoms with Crippen LogP contribution in [0.15, 0.2) is 18.2 Å². The minimum absolute atomic E-state index is 0.0344. The summed E-state index contributed by atoms with van der Waals surface area (Å²) in [6.45, 7) is 3.06. The lowest BCUT2D eigenvalue weighted by molar-refractivity contribution is -0.119. The molecule has 2 atom stereocenters. The molecular weight excluding hydrogens is 469 g/mol. The van der Waals surface area contributed by atoms with Gasteiger partial charge < -0.3 is 25.2 Å². The third-order valence-electron chi connectivity index (χ3n) is 6.18. The Hall–Kier alpha value is -3.09. The highest BCUT2D eigenvalue weighted by molar-refractivity contribution is 7.91. The minimum atomic E-state index is -3.07. The molecule has 11 nitrogen and oxygen atoms in total. The summed E-state index contributed by atoms with van der Waals surface area (Å²) in [5.74, 6) is -0.793. The number of nitrogens with zero attached hydrogens (tertiary/aromatic N) is 3. The van der Waals surface area contributed by atoms with Crippen LogP contribution in [0.4, 0.5) is 25.4 Å². The Morgan fingerprint density at radius 2 is 1.91 bits per heavy atom. The molecular formula is C21H28FN5O6S. The van der Waals surface area contributed by atoms with Gasteiger partial charge in [0.05, 0.1) is 36.0 Å². The third kappa shape index (κ3) is 5.51. The Morgan fingerprint density at radius 3 is 2.59 bits per heavy atom. The smallest absolute Gasteiger partial charge is 0.414 e. The second-order valence-corrected chi connectivity index (χ2v) is 11.0. The number of rotatable bonds is 5. The molecule has 3 saturated heterocycles. The highest BCUT2D eigenvalue weighted by Crippen LogP contribution is 2.29. The van der Waals surface area contributed by atoms with Crippen molar-refractivity contribution in [3.8, 4) is 0 Å². The fraction of sp³-hybridized carbons (Fsp3) is 0.571. The molecule has 3 aliphatic heterocycles. The molecule has 0 aliphatic carbocycles. The van der Waals surface area contributed by atoms with Crippen molar-refractivity contribution in [3.05, 3.63) is 24.0 Å². The largest absolute Gasteiger partial charge is 0.442 e. The molecule has 1 aromatic rings. The van der Waals surface area contributed by atoms with E-state index in [-0.39, 0.29) is 55.7 Å². The Morgan fingerprint density at radius 1 is 1.18 bits per heavy atom. The first-order valence-electron chi connectivity index (χ1n) is 11.1. The number of urea groups is 1. The molecule has 2 N–H and O–H groups in total. The molecule has 1 unspecified atom stereocenters. The lowest BCUT2D eigenvalue weighted by Crippen LogP contribution is -2.51. The van der Waals surface area contributed by atoms with Crippen LogP contribution < -0.4 is 20.4 Å². The summed E-state index contributed by atoms with van der Waals surface area (Å²) in [6, 6.07) is 4.02. The van der Waals surface area contributed by atoms with E-state index in [2.05, 4.69) is 10.6 Å². The van der Waals surface area contributed by atoms with Crippen molar-refractivity contribution in [2.75, 3.05) is 60.6 Å². The number of cyclic esters (lactones) is 1. The molecule has 0 bridgehead atoms. The fourth-order valence-electron chi connectivity index (χ4n) is 4.29. The number of benzene rings is 1. The van der Waals surface area contributed by atoms with Crippen molar-refractivity contribution in [1.29, 1.82) is 0 Å². The molecule has 3 aliphatic rings. The fourth-order valence-corrected chi connectivity index (χ4v) is 5.50. The van der Waals surface area contributed by atoms with E-state index in [4.69, 9.17) is 4.74 Å². The summed E-state index contributed by atoms with van der Waals surface area (Å²) in [5.41, 5.74) is 0.729. The summed E-state index contributed by atoms with van der Waals surface area (Å²) < 4.78 is 43.3. The highest BCUT2D eigenvalue weighted by Gasteiger charge is 2.34. The van der Waals surface area contributed by atoms with Crippen molar-refractivity contribution in [2.24, 2.45) is 0 Å². The molecule has 4 amide bonds. The molecule has 0 aromatic heterocycles. The van der Waals surface area contributed by atoms with E-state index < -0.39 is 27.9 Å². The SMILES string of the molecule is CC(=O)NC[C@H]1CN(c2ccc(N3CCC(NC(=O)N4CCS(=O)(=O)CC4)C3)c(F)c2)C(=O)O1. The van der Waals surface area contributed by atoms with Gasteiger partial charge in [-0.05, 0) is 24.6 Å². The number of ether oxygens (including phenoxy) is 1. The van der Waals surface area contributed by atoms with E-state index >= 15 is 0 Å². The maximum absolute atomic E-state index is 15.0. The van der Waals surface area contributed by atoms with Crippen molar-refractivity contribution in [1.82, 2.24) is 15.5 Å². The molecule has 1 aromatic carbocycles. The van der Waals surface area contributed by atoms with Crippen molar-refractivity contribution >= 4 is 39.2 Å². The molecule has 0 saturated carbocycles. The lowest BCUT2D eigenvalue weighted by atomic mass is 10.2. The Kier molecular flexibility index (Phi) is 6.82.